The summed E-state index contributed by atoms with van der Waals surface area (Å²) < 4.78 is 1.57. The van der Waals surface area contributed by atoms with Gasteiger partial charge >= 0.3 is 5.97 Å². The zero-order valence-corrected chi connectivity index (χ0v) is 11.4. The summed E-state index contributed by atoms with van der Waals surface area (Å²) in [6, 6.07) is 7.48. The maximum absolute atomic E-state index is 11.2. The highest BCUT2D eigenvalue weighted by Crippen LogP contribution is 2.47. The molecule has 6 nitrogen and oxygen atoms in total. The smallest absolute Gasteiger partial charge is 0.311 e. The van der Waals surface area contributed by atoms with Gasteiger partial charge in [-0.2, -0.15) is 0 Å². The summed E-state index contributed by atoms with van der Waals surface area (Å²) in [5.74, 6) is -0.151. The first-order chi connectivity index (χ1) is 9.61. The van der Waals surface area contributed by atoms with Crippen molar-refractivity contribution < 1.29 is 9.90 Å². The van der Waals surface area contributed by atoms with E-state index in [-0.39, 0.29) is 0 Å². The lowest BCUT2D eigenvalue weighted by Crippen LogP contribution is -2.23. The molecule has 0 aliphatic heterocycles. The van der Waals surface area contributed by atoms with Crippen LogP contribution in [0.3, 0.4) is 0 Å². The van der Waals surface area contributed by atoms with E-state index in [1.807, 2.05) is 24.3 Å². The minimum atomic E-state index is -0.781. The monoisotopic (exact) mass is 292 g/mol. The van der Waals surface area contributed by atoms with Gasteiger partial charge in [0.15, 0.2) is 5.82 Å². The van der Waals surface area contributed by atoms with Gasteiger partial charge in [-0.25, -0.2) is 4.68 Å². The Balaban J connectivity index is 1.81. The second kappa shape index (κ2) is 4.86. The number of aromatic nitrogens is 4. The molecule has 7 heteroatoms. The third-order valence-electron chi connectivity index (χ3n) is 3.67. The van der Waals surface area contributed by atoms with Gasteiger partial charge in [0.1, 0.15) is 0 Å². The van der Waals surface area contributed by atoms with E-state index in [0.717, 1.165) is 5.56 Å². The van der Waals surface area contributed by atoms with E-state index in [2.05, 4.69) is 15.5 Å². The van der Waals surface area contributed by atoms with Gasteiger partial charge in [-0.1, -0.05) is 29.8 Å². The van der Waals surface area contributed by atoms with Gasteiger partial charge in [-0.3, -0.25) is 4.79 Å². The van der Waals surface area contributed by atoms with Crippen molar-refractivity contribution in [3.8, 4) is 0 Å². The van der Waals surface area contributed by atoms with Crippen molar-refractivity contribution in [1.29, 1.82) is 0 Å². The van der Waals surface area contributed by atoms with E-state index in [0.29, 0.717) is 36.7 Å². The van der Waals surface area contributed by atoms with E-state index >= 15 is 0 Å². The molecule has 0 spiro atoms. The van der Waals surface area contributed by atoms with Crippen molar-refractivity contribution in [2.75, 3.05) is 0 Å². The third-order valence-corrected chi connectivity index (χ3v) is 4.04. The summed E-state index contributed by atoms with van der Waals surface area (Å²) in [7, 11) is 0. The van der Waals surface area contributed by atoms with Crippen LogP contribution in [-0.4, -0.2) is 31.3 Å². The van der Waals surface area contributed by atoms with Gasteiger partial charge in [-0.15, -0.1) is 5.10 Å². The summed E-state index contributed by atoms with van der Waals surface area (Å²) in [4.78, 5) is 11.2. The molecule has 1 fully saturated rings. The Morgan fingerprint density at radius 3 is 2.80 bits per heavy atom. The average Bonchev–Trinajstić information content (AvgIpc) is 3.08. The fraction of sp³-hybridized carbons (Fsp3) is 0.385. The number of aliphatic carboxylic acids is 1. The van der Waals surface area contributed by atoms with E-state index in [1.54, 1.807) is 4.68 Å². The molecule has 1 heterocycles. The highest BCUT2D eigenvalue weighted by molar-refractivity contribution is 6.31. The van der Waals surface area contributed by atoms with Crippen molar-refractivity contribution >= 4 is 17.6 Å². The number of carbonyl (C=O) groups is 1. The van der Waals surface area contributed by atoms with Gasteiger partial charge in [0.25, 0.3) is 0 Å². The molecule has 1 N–H and O–H groups in total. The Hall–Kier alpha value is -1.95. The molecule has 104 valence electrons. The van der Waals surface area contributed by atoms with Gasteiger partial charge in [0.2, 0.25) is 0 Å². The SMILES string of the molecule is O=C(O)C1(Cn2nnnc2Cc2ccccc2Cl)CC1. The Bertz CT molecular complexity index is 651. The molecule has 1 aromatic heterocycles. The number of tetrazole rings is 1. The van der Waals surface area contributed by atoms with Crippen LogP contribution in [0.15, 0.2) is 24.3 Å². The Morgan fingerprint density at radius 1 is 1.40 bits per heavy atom. The molecule has 1 aromatic carbocycles. The summed E-state index contributed by atoms with van der Waals surface area (Å²) >= 11 is 6.12. The van der Waals surface area contributed by atoms with Crippen LogP contribution < -0.4 is 0 Å². The number of benzene rings is 1. The molecule has 0 unspecified atom stereocenters. The standard InChI is InChI=1S/C13H13ClN4O2/c14-10-4-2-1-3-9(10)7-11-15-16-17-18(11)8-13(5-6-13)12(19)20/h1-4H,5-8H2,(H,19,20). The summed E-state index contributed by atoms with van der Waals surface area (Å²) in [6.45, 7) is 0.315. The van der Waals surface area contributed by atoms with E-state index < -0.39 is 11.4 Å². The second-order valence-corrected chi connectivity index (χ2v) is 5.51. The lowest BCUT2D eigenvalue weighted by molar-refractivity contribution is -0.144. The van der Waals surface area contributed by atoms with Gasteiger partial charge in [-0.05, 0) is 34.9 Å². The molecule has 0 amide bonds. The van der Waals surface area contributed by atoms with Crippen molar-refractivity contribution in [2.45, 2.75) is 25.8 Å². The fourth-order valence-corrected chi connectivity index (χ4v) is 2.36. The first kappa shape index (κ1) is 13.1. The molecule has 0 saturated heterocycles. The van der Waals surface area contributed by atoms with Crippen molar-refractivity contribution in [1.82, 2.24) is 20.2 Å². The van der Waals surface area contributed by atoms with Crippen LogP contribution in [0.25, 0.3) is 0 Å². The number of carboxylic acid groups (broad SMARTS) is 1. The number of carboxylic acids is 1. The zero-order chi connectivity index (χ0) is 14.2. The Labute approximate surface area is 120 Å². The van der Waals surface area contributed by atoms with Crippen LogP contribution in [0.2, 0.25) is 5.02 Å². The quantitative estimate of drug-likeness (QED) is 0.908. The average molecular weight is 293 g/mol. The summed E-state index contributed by atoms with van der Waals surface area (Å²) in [5, 5.41) is 21.4. The molecule has 0 atom stereocenters. The number of hydrogen-bond donors (Lipinski definition) is 1. The Kier molecular flexibility index (Phi) is 3.17. The van der Waals surface area contributed by atoms with E-state index in [1.165, 1.54) is 0 Å². The largest absolute Gasteiger partial charge is 0.481 e. The van der Waals surface area contributed by atoms with Crippen LogP contribution in [0.5, 0.6) is 0 Å². The predicted octanol–water partition coefficient (Wildman–Crippen LogP) is 1.78. The van der Waals surface area contributed by atoms with Crippen molar-refractivity contribution in [3.05, 3.63) is 40.7 Å². The van der Waals surface area contributed by atoms with E-state index in [9.17, 15) is 9.90 Å². The molecule has 1 saturated carbocycles. The number of hydrogen-bond acceptors (Lipinski definition) is 4. The number of halogens is 1. The maximum Gasteiger partial charge on any atom is 0.311 e. The van der Waals surface area contributed by atoms with Crippen molar-refractivity contribution in [2.24, 2.45) is 5.41 Å². The highest BCUT2D eigenvalue weighted by atomic mass is 35.5. The number of rotatable bonds is 5. The molecule has 0 radical (unpaired) electrons. The lowest BCUT2D eigenvalue weighted by Gasteiger charge is -2.11. The van der Waals surface area contributed by atoms with Gasteiger partial charge < -0.3 is 5.11 Å². The first-order valence-electron chi connectivity index (χ1n) is 6.33. The molecule has 1 aliphatic rings. The number of nitrogens with zero attached hydrogens (tertiary/aromatic N) is 4. The highest BCUT2D eigenvalue weighted by Gasteiger charge is 2.51. The van der Waals surface area contributed by atoms with Gasteiger partial charge in [0, 0.05) is 11.4 Å². The van der Waals surface area contributed by atoms with Crippen LogP contribution in [0, 0.1) is 5.41 Å². The predicted molar refractivity (Wildman–Crippen MR) is 71.4 cm³/mol. The zero-order valence-electron chi connectivity index (χ0n) is 10.7. The third kappa shape index (κ3) is 2.38. The fourth-order valence-electron chi connectivity index (χ4n) is 2.16. The molecular formula is C13H13ClN4O2. The molecule has 2 aromatic rings. The van der Waals surface area contributed by atoms with Crippen LogP contribution in [-0.2, 0) is 17.8 Å². The molecule has 3 rings (SSSR count). The summed E-state index contributed by atoms with van der Waals surface area (Å²) in [5.41, 5.74) is 0.232. The maximum atomic E-state index is 11.2. The summed E-state index contributed by atoms with van der Waals surface area (Å²) in [6.07, 6.45) is 1.84. The van der Waals surface area contributed by atoms with Crippen LogP contribution in [0.4, 0.5) is 0 Å². The molecular weight excluding hydrogens is 280 g/mol. The van der Waals surface area contributed by atoms with E-state index in [4.69, 9.17) is 11.6 Å². The Morgan fingerprint density at radius 2 is 2.15 bits per heavy atom. The van der Waals surface area contributed by atoms with Crippen LogP contribution in [0.1, 0.15) is 24.2 Å². The topological polar surface area (TPSA) is 80.9 Å². The normalized spacial score (nSPS) is 16.1. The second-order valence-electron chi connectivity index (χ2n) is 5.11. The first-order valence-corrected chi connectivity index (χ1v) is 6.70. The molecule has 1 aliphatic carbocycles. The van der Waals surface area contributed by atoms with Crippen LogP contribution >= 0.6 is 11.6 Å². The molecule has 0 bridgehead atoms. The lowest BCUT2D eigenvalue weighted by atomic mass is 10.1. The van der Waals surface area contributed by atoms with Crippen molar-refractivity contribution in [3.63, 3.8) is 0 Å². The molecule has 20 heavy (non-hydrogen) atoms. The minimum absolute atomic E-state index is 0.315. The van der Waals surface area contributed by atoms with Gasteiger partial charge in [0.05, 0.1) is 12.0 Å². The minimum Gasteiger partial charge on any atom is -0.481 e.